The quantitative estimate of drug-likeness (QED) is 0.346. The lowest BCUT2D eigenvalue weighted by molar-refractivity contribution is -0.127. The molecular formula is C26H26N4O2Si. The third kappa shape index (κ3) is 4.10. The number of hydrogen-bond donors (Lipinski definition) is 1. The summed E-state index contributed by atoms with van der Waals surface area (Å²) >= 11 is 0. The van der Waals surface area contributed by atoms with Gasteiger partial charge in [-0.1, -0.05) is 55.1 Å². The molecule has 0 bridgehead atoms. The summed E-state index contributed by atoms with van der Waals surface area (Å²) in [5, 5.41) is 5.10. The standard InChI is InChI=1S/C26H26N4O2Si/c1-17-27-26(32-29-17)19-11-9-18(10-12-19)25-24-21(20-7-5-6-8-22(20)28-24)13-15-30(25)23(31)14-16-33(2,3)4/h5-12,25,28H,13,15H2,1-4H3/t25-/m0/s1. The first-order valence-electron chi connectivity index (χ1n) is 11.1. The summed E-state index contributed by atoms with van der Waals surface area (Å²) in [7, 11) is -1.67. The van der Waals surface area contributed by atoms with Crippen molar-refractivity contribution < 1.29 is 9.32 Å². The number of aryl methyl sites for hydroxylation is 1. The topological polar surface area (TPSA) is 75.0 Å². The third-order valence-corrected chi connectivity index (χ3v) is 6.72. The summed E-state index contributed by atoms with van der Waals surface area (Å²) in [5.41, 5.74) is 8.53. The predicted molar refractivity (Wildman–Crippen MR) is 131 cm³/mol. The summed E-state index contributed by atoms with van der Waals surface area (Å²) in [5.74, 6) is 3.91. The lowest BCUT2D eigenvalue weighted by Gasteiger charge is -2.35. The monoisotopic (exact) mass is 454 g/mol. The zero-order valence-electron chi connectivity index (χ0n) is 19.3. The Morgan fingerprint density at radius 2 is 1.91 bits per heavy atom. The lowest BCUT2D eigenvalue weighted by Crippen LogP contribution is -2.40. The zero-order valence-corrected chi connectivity index (χ0v) is 20.3. The molecule has 7 heteroatoms. The van der Waals surface area contributed by atoms with Crippen LogP contribution in [-0.4, -0.2) is 40.6 Å². The van der Waals surface area contributed by atoms with Crippen molar-refractivity contribution in [3.63, 3.8) is 0 Å². The van der Waals surface area contributed by atoms with Crippen LogP contribution in [0.3, 0.4) is 0 Å². The first kappa shape index (κ1) is 21.2. The number of H-pyrrole nitrogens is 1. The first-order valence-corrected chi connectivity index (χ1v) is 14.6. The van der Waals surface area contributed by atoms with Gasteiger partial charge < -0.3 is 14.4 Å². The molecule has 0 saturated carbocycles. The number of para-hydroxylation sites is 1. The number of aromatic nitrogens is 3. The van der Waals surface area contributed by atoms with Crippen molar-refractivity contribution in [2.45, 2.75) is 39.0 Å². The average molecular weight is 455 g/mol. The minimum atomic E-state index is -1.67. The van der Waals surface area contributed by atoms with Gasteiger partial charge in [0.05, 0.1) is 6.04 Å². The Labute approximate surface area is 194 Å². The van der Waals surface area contributed by atoms with Gasteiger partial charge in [-0.05, 0) is 48.6 Å². The maximum atomic E-state index is 13.3. The van der Waals surface area contributed by atoms with E-state index < -0.39 is 8.07 Å². The fourth-order valence-corrected chi connectivity index (χ4v) is 4.82. The average Bonchev–Trinajstić information content (AvgIpc) is 3.40. The van der Waals surface area contributed by atoms with Crippen molar-refractivity contribution in [3.05, 3.63) is 71.2 Å². The number of nitrogens with zero attached hydrogens (tertiary/aromatic N) is 3. The van der Waals surface area contributed by atoms with Crippen LogP contribution in [0.15, 0.2) is 53.1 Å². The van der Waals surface area contributed by atoms with Crippen molar-refractivity contribution in [2.75, 3.05) is 6.54 Å². The Kier molecular flexibility index (Phi) is 5.18. The molecule has 1 aliphatic heterocycles. The minimum Gasteiger partial charge on any atom is -0.356 e. The van der Waals surface area contributed by atoms with Crippen molar-refractivity contribution in [2.24, 2.45) is 0 Å². The molecule has 0 aliphatic carbocycles. The van der Waals surface area contributed by atoms with E-state index in [0.29, 0.717) is 18.3 Å². The summed E-state index contributed by atoms with van der Waals surface area (Å²) < 4.78 is 5.31. The second kappa shape index (κ2) is 8.05. The van der Waals surface area contributed by atoms with Crippen LogP contribution in [0.5, 0.6) is 0 Å². The molecule has 5 rings (SSSR count). The molecule has 1 aliphatic rings. The van der Waals surface area contributed by atoms with E-state index >= 15 is 0 Å². The number of hydrogen-bond acceptors (Lipinski definition) is 4. The number of nitrogens with one attached hydrogen (secondary N) is 1. The van der Waals surface area contributed by atoms with Crippen molar-refractivity contribution >= 4 is 24.9 Å². The predicted octanol–water partition coefficient (Wildman–Crippen LogP) is 4.88. The number of fused-ring (bicyclic) bond motifs is 3. The SMILES string of the molecule is Cc1noc(-c2ccc([C@H]3c4[nH]c5ccccc5c4CCN3C(=O)C#C[Si](C)(C)C)cc2)n1. The van der Waals surface area contributed by atoms with Gasteiger partial charge >= 0.3 is 0 Å². The van der Waals surface area contributed by atoms with Gasteiger partial charge in [0.1, 0.15) is 8.07 Å². The summed E-state index contributed by atoms with van der Waals surface area (Å²) in [6.45, 7) is 8.87. The van der Waals surface area contributed by atoms with Crippen LogP contribution in [-0.2, 0) is 11.2 Å². The van der Waals surface area contributed by atoms with Gasteiger partial charge in [-0.25, -0.2) is 0 Å². The van der Waals surface area contributed by atoms with E-state index in [0.717, 1.165) is 28.8 Å². The van der Waals surface area contributed by atoms with Gasteiger partial charge in [0.2, 0.25) is 0 Å². The molecule has 3 heterocycles. The van der Waals surface area contributed by atoms with Crippen LogP contribution in [0, 0.1) is 18.4 Å². The van der Waals surface area contributed by atoms with E-state index in [1.54, 1.807) is 6.92 Å². The molecule has 6 nitrogen and oxygen atoms in total. The molecule has 0 unspecified atom stereocenters. The van der Waals surface area contributed by atoms with E-state index in [1.807, 2.05) is 35.2 Å². The molecule has 1 N–H and O–H groups in total. The highest BCUT2D eigenvalue weighted by Gasteiger charge is 2.34. The molecule has 1 amide bonds. The second-order valence-corrected chi connectivity index (χ2v) is 14.2. The van der Waals surface area contributed by atoms with Crippen LogP contribution >= 0.6 is 0 Å². The molecule has 2 aromatic carbocycles. The van der Waals surface area contributed by atoms with Crippen LogP contribution in [0.1, 0.15) is 28.7 Å². The molecule has 166 valence electrons. The number of rotatable bonds is 2. The molecule has 1 atom stereocenters. The second-order valence-electron chi connectivity index (χ2n) is 9.48. The van der Waals surface area contributed by atoms with E-state index in [9.17, 15) is 4.79 Å². The van der Waals surface area contributed by atoms with Gasteiger partial charge in [-0.2, -0.15) is 4.98 Å². The summed E-state index contributed by atoms with van der Waals surface area (Å²) in [4.78, 5) is 23.1. The molecule has 33 heavy (non-hydrogen) atoms. The fraction of sp³-hybridized carbons (Fsp3) is 0.269. The first-order chi connectivity index (χ1) is 15.8. The van der Waals surface area contributed by atoms with Gasteiger partial charge in [-0.3, -0.25) is 4.79 Å². The van der Waals surface area contributed by atoms with Crippen molar-refractivity contribution in [1.29, 1.82) is 0 Å². The number of benzene rings is 2. The van der Waals surface area contributed by atoms with E-state index in [-0.39, 0.29) is 11.9 Å². The lowest BCUT2D eigenvalue weighted by atomic mass is 9.92. The Balaban J connectivity index is 1.59. The molecular weight excluding hydrogens is 428 g/mol. The van der Waals surface area contributed by atoms with E-state index in [1.165, 1.54) is 10.9 Å². The maximum absolute atomic E-state index is 13.3. The molecule has 0 fully saturated rings. The van der Waals surface area contributed by atoms with Crippen LogP contribution in [0.2, 0.25) is 19.6 Å². The van der Waals surface area contributed by atoms with Crippen LogP contribution in [0.4, 0.5) is 0 Å². The third-order valence-electron chi connectivity index (χ3n) is 5.84. The molecule has 2 aromatic heterocycles. The Bertz CT molecular complexity index is 1400. The molecule has 0 radical (unpaired) electrons. The maximum Gasteiger partial charge on any atom is 0.298 e. The summed E-state index contributed by atoms with van der Waals surface area (Å²) in [6.07, 6.45) is 0.801. The largest absolute Gasteiger partial charge is 0.356 e. The number of carbonyl (C=O) groups excluding carboxylic acids is 1. The normalized spacial score (nSPS) is 15.8. The Hall–Kier alpha value is -3.63. The van der Waals surface area contributed by atoms with E-state index in [2.05, 4.69) is 64.4 Å². The Morgan fingerprint density at radius 3 is 2.61 bits per heavy atom. The van der Waals surface area contributed by atoms with Gasteiger partial charge in [-0.15, -0.1) is 5.54 Å². The highest BCUT2D eigenvalue weighted by molar-refractivity contribution is 6.84. The molecule has 0 saturated heterocycles. The van der Waals surface area contributed by atoms with Gasteiger partial charge in [0.15, 0.2) is 5.82 Å². The molecule has 4 aromatic rings. The van der Waals surface area contributed by atoms with E-state index in [4.69, 9.17) is 4.52 Å². The van der Waals surface area contributed by atoms with Gasteiger partial charge in [0.25, 0.3) is 11.8 Å². The van der Waals surface area contributed by atoms with Crippen molar-refractivity contribution in [3.8, 4) is 22.9 Å². The number of carbonyl (C=O) groups is 1. The fourth-order valence-electron chi connectivity index (χ4n) is 4.34. The number of aromatic amines is 1. The minimum absolute atomic E-state index is 0.122. The van der Waals surface area contributed by atoms with Crippen LogP contribution < -0.4 is 0 Å². The highest BCUT2D eigenvalue weighted by atomic mass is 28.3. The smallest absolute Gasteiger partial charge is 0.298 e. The van der Waals surface area contributed by atoms with Crippen molar-refractivity contribution in [1.82, 2.24) is 20.0 Å². The highest BCUT2D eigenvalue weighted by Crippen LogP contribution is 2.38. The molecule has 0 spiro atoms. The Morgan fingerprint density at radius 1 is 1.15 bits per heavy atom. The zero-order chi connectivity index (χ0) is 23.2. The number of amides is 1. The summed E-state index contributed by atoms with van der Waals surface area (Å²) in [6, 6.07) is 16.1. The van der Waals surface area contributed by atoms with Crippen LogP contribution in [0.25, 0.3) is 22.4 Å². The van der Waals surface area contributed by atoms with Gasteiger partial charge in [0, 0.05) is 28.7 Å².